The molecule has 0 saturated heterocycles. The minimum absolute atomic E-state index is 0.0974. The van der Waals surface area contributed by atoms with Gasteiger partial charge >= 0.3 is 10.1 Å². The molecule has 0 amide bonds. The summed E-state index contributed by atoms with van der Waals surface area (Å²) in [7, 11) is -2.26. The first-order chi connectivity index (χ1) is 28.8. The van der Waals surface area contributed by atoms with Gasteiger partial charge in [-0.3, -0.25) is 4.55 Å². The Bertz CT molecular complexity index is 2630. The van der Waals surface area contributed by atoms with Crippen LogP contribution in [0.3, 0.4) is 0 Å². The quantitative estimate of drug-likeness (QED) is 0.0699. The van der Waals surface area contributed by atoms with Crippen LogP contribution in [0.4, 0.5) is 0 Å². The molecule has 2 unspecified atom stereocenters. The first-order valence-electron chi connectivity index (χ1n) is 20.4. The van der Waals surface area contributed by atoms with E-state index in [0.29, 0.717) is 51.5 Å². The van der Waals surface area contributed by atoms with E-state index in [1.165, 1.54) is 16.0 Å². The molecular weight excluding hydrogens is 901 g/mol. The van der Waals surface area contributed by atoms with Crippen molar-refractivity contribution in [1.82, 2.24) is 14.0 Å². The molecule has 3 N–H and O–H groups in total. The molecule has 0 bridgehead atoms. The van der Waals surface area contributed by atoms with E-state index in [1.54, 1.807) is 35.6 Å². The predicted octanol–water partition coefficient (Wildman–Crippen LogP) is 12.6. The molecule has 318 valence electrons. The van der Waals surface area contributed by atoms with Crippen LogP contribution in [0, 0.1) is 0 Å². The van der Waals surface area contributed by atoms with E-state index in [1.807, 2.05) is 29.0 Å². The molecule has 0 radical (unpaired) electrons. The van der Waals surface area contributed by atoms with E-state index in [4.69, 9.17) is 46.4 Å². The number of aliphatic hydroxyl groups excluding tert-OH is 2. The second-order valence-corrected chi connectivity index (χ2v) is 21.3. The van der Waals surface area contributed by atoms with Gasteiger partial charge in [-0.1, -0.05) is 46.4 Å². The number of aryl methyl sites for hydroxylation is 2. The molecular formula is C45H47Cl4N3O5S3. The molecule has 8 nitrogen and oxygen atoms in total. The molecule has 4 aromatic heterocycles. The highest BCUT2D eigenvalue weighted by atomic mass is 35.5. The smallest absolute Gasteiger partial charge is 0.304 e. The molecule has 4 heterocycles. The van der Waals surface area contributed by atoms with Crippen LogP contribution in [-0.2, 0) is 35.8 Å². The number of hydrogen-bond acceptors (Lipinski definition) is 7. The van der Waals surface area contributed by atoms with Crippen molar-refractivity contribution in [2.24, 2.45) is 0 Å². The van der Waals surface area contributed by atoms with Crippen molar-refractivity contribution in [1.29, 1.82) is 0 Å². The van der Waals surface area contributed by atoms with Crippen LogP contribution in [0.1, 0.15) is 97.0 Å². The topological polar surface area (TPSA) is 108 Å². The molecule has 2 aliphatic rings. The number of thiophene rings is 2. The summed E-state index contributed by atoms with van der Waals surface area (Å²) in [5.41, 5.74) is 9.59. The van der Waals surface area contributed by atoms with Crippen molar-refractivity contribution in [3.8, 4) is 32.5 Å². The first-order valence-corrected chi connectivity index (χ1v) is 25.0. The normalized spacial score (nSPS) is 14.9. The highest BCUT2D eigenvalue weighted by Gasteiger charge is 2.31. The van der Waals surface area contributed by atoms with E-state index in [2.05, 4.69) is 34.2 Å². The van der Waals surface area contributed by atoms with Crippen molar-refractivity contribution in [3.05, 3.63) is 120 Å². The Labute approximate surface area is 379 Å². The third-order valence-electron chi connectivity index (χ3n) is 11.8. The maximum absolute atomic E-state index is 12.2. The largest absolute Gasteiger partial charge is 0.388 e. The number of halogens is 4. The molecule has 2 aliphatic carbocycles. The Hall–Kier alpha value is -2.65. The lowest BCUT2D eigenvalue weighted by molar-refractivity contribution is 0.158. The lowest BCUT2D eigenvalue weighted by atomic mass is 9.98. The zero-order valence-corrected chi connectivity index (χ0v) is 38.6. The van der Waals surface area contributed by atoms with Gasteiger partial charge in [-0.15, -0.1) is 22.7 Å². The van der Waals surface area contributed by atoms with Gasteiger partial charge in [0.15, 0.2) is 0 Å². The summed E-state index contributed by atoms with van der Waals surface area (Å²) in [4.78, 5) is 4.31. The summed E-state index contributed by atoms with van der Waals surface area (Å²) < 4.78 is 38.2. The van der Waals surface area contributed by atoms with Gasteiger partial charge in [-0.2, -0.15) is 8.42 Å². The molecule has 60 heavy (non-hydrogen) atoms. The van der Waals surface area contributed by atoms with Gasteiger partial charge in [-0.05, 0) is 173 Å². The van der Waals surface area contributed by atoms with Gasteiger partial charge in [0.2, 0.25) is 0 Å². The van der Waals surface area contributed by atoms with Crippen molar-refractivity contribution < 1.29 is 23.2 Å². The van der Waals surface area contributed by atoms with Crippen LogP contribution < -0.4 is 0 Å². The standard InChI is InChI=1S/C45H47Cl4N3O5S3/c1-50(19-4-2-12-39(53)33-25-51(37-16-14-29(46)23-35(37)48)42-31(33)10-6-8-27-18-21-58-44(27)42)20-5-3-13-40(54)34-26-52(38-17-15-30(47)24-36(38)49)43-32(34)11-7-9-28-22-41(59-45(28)43)60(55,56)57/h14-18,21-26,39-40,53-54H,2-13,19-20H2,1H3,(H,55,56,57). The lowest BCUT2D eigenvalue weighted by Crippen LogP contribution is -2.21. The SMILES string of the molecule is CN(CCCCC(O)c1cn(-c2ccc(Cl)cc2Cl)c2c1CCCc1ccsc1-2)CCCCC(O)c1cn(-c2ccc(Cl)cc2Cl)c2c1CCCc1cc(S(=O)(=O)O)sc1-2. The maximum atomic E-state index is 12.2. The van der Waals surface area contributed by atoms with Gasteiger partial charge in [0.25, 0.3) is 0 Å². The monoisotopic (exact) mass is 945 g/mol. The number of benzene rings is 2. The summed E-state index contributed by atoms with van der Waals surface area (Å²) in [6.07, 6.45) is 12.5. The minimum Gasteiger partial charge on any atom is -0.388 e. The highest BCUT2D eigenvalue weighted by Crippen LogP contribution is 2.47. The van der Waals surface area contributed by atoms with E-state index < -0.39 is 22.3 Å². The number of fused-ring (bicyclic) bond motifs is 6. The summed E-state index contributed by atoms with van der Waals surface area (Å²) in [5, 5.41) is 27.5. The lowest BCUT2D eigenvalue weighted by Gasteiger charge is -2.18. The molecule has 15 heteroatoms. The molecule has 6 aromatic rings. The van der Waals surface area contributed by atoms with Gasteiger partial charge in [0.1, 0.15) is 4.21 Å². The average molecular weight is 948 g/mol. The third kappa shape index (κ3) is 9.19. The fourth-order valence-electron chi connectivity index (χ4n) is 8.88. The Morgan fingerprint density at radius 2 is 1.22 bits per heavy atom. The fraction of sp³-hybridized carbons (Fsp3) is 0.378. The van der Waals surface area contributed by atoms with Crippen LogP contribution in [0.5, 0.6) is 0 Å². The number of hydrogen-bond donors (Lipinski definition) is 3. The van der Waals surface area contributed by atoms with Crippen molar-refractivity contribution >= 4 is 79.2 Å². The second-order valence-electron chi connectivity index (χ2n) is 16.0. The van der Waals surface area contributed by atoms with E-state index in [9.17, 15) is 23.2 Å². The van der Waals surface area contributed by atoms with Crippen LogP contribution in [-0.4, -0.2) is 57.4 Å². The predicted molar refractivity (Wildman–Crippen MR) is 247 cm³/mol. The highest BCUT2D eigenvalue weighted by molar-refractivity contribution is 7.88. The first kappa shape index (κ1) is 44.0. The fourth-order valence-corrected chi connectivity index (χ4v) is 12.9. The molecule has 0 saturated carbocycles. The van der Waals surface area contributed by atoms with E-state index in [0.717, 1.165) is 120 Å². The van der Waals surface area contributed by atoms with Gasteiger partial charge in [0.05, 0.1) is 54.8 Å². The van der Waals surface area contributed by atoms with Gasteiger partial charge in [-0.25, -0.2) is 0 Å². The Morgan fingerprint density at radius 3 is 1.73 bits per heavy atom. The zero-order valence-electron chi connectivity index (χ0n) is 33.1. The number of unbranched alkanes of at least 4 members (excludes halogenated alkanes) is 2. The maximum Gasteiger partial charge on any atom is 0.304 e. The average Bonchev–Trinajstić information content (AvgIpc) is 3.96. The molecule has 8 rings (SSSR count). The van der Waals surface area contributed by atoms with Crippen LogP contribution >= 0.6 is 69.1 Å². The van der Waals surface area contributed by atoms with E-state index >= 15 is 0 Å². The second kappa shape index (κ2) is 18.6. The van der Waals surface area contributed by atoms with Gasteiger partial charge < -0.3 is 24.2 Å². The third-order valence-corrected chi connectivity index (χ3v) is 16.4. The van der Waals surface area contributed by atoms with Gasteiger partial charge in [0, 0.05) is 33.6 Å². The Morgan fingerprint density at radius 1 is 0.700 bits per heavy atom. The number of nitrogens with zero attached hydrogens (tertiary/aromatic N) is 3. The van der Waals surface area contributed by atoms with E-state index in [-0.39, 0.29) is 4.21 Å². The Balaban J connectivity index is 0.888. The van der Waals surface area contributed by atoms with Crippen LogP contribution in [0.2, 0.25) is 20.1 Å². The summed E-state index contributed by atoms with van der Waals surface area (Å²) in [5.74, 6) is 0. The molecule has 0 aliphatic heterocycles. The van der Waals surface area contributed by atoms with Crippen LogP contribution in [0.15, 0.2) is 70.5 Å². The summed E-state index contributed by atoms with van der Waals surface area (Å²) in [6.45, 7) is 1.79. The van der Waals surface area contributed by atoms with Crippen molar-refractivity contribution in [3.63, 3.8) is 0 Å². The molecule has 2 aromatic carbocycles. The number of aliphatic hydroxyl groups is 2. The molecule has 0 fully saturated rings. The zero-order chi connectivity index (χ0) is 42.3. The molecule has 2 atom stereocenters. The molecule has 0 spiro atoms. The van der Waals surface area contributed by atoms with Crippen LogP contribution in [0.25, 0.3) is 32.5 Å². The number of aromatic nitrogens is 2. The number of rotatable bonds is 15. The van der Waals surface area contributed by atoms with Crippen molar-refractivity contribution in [2.45, 2.75) is 93.5 Å². The summed E-state index contributed by atoms with van der Waals surface area (Å²) >= 11 is 28.7. The Kier molecular flexibility index (Phi) is 13.6. The summed E-state index contributed by atoms with van der Waals surface area (Å²) in [6, 6.07) is 14.6. The minimum atomic E-state index is -4.38. The van der Waals surface area contributed by atoms with Crippen molar-refractivity contribution in [2.75, 3.05) is 20.1 Å².